The van der Waals surface area contributed by atoms with E-state index in [9.17, 15) is 14.4 Å². The molecule has 0 spiro atoms. The zero-order chi connectivity index (χ0) is 22.6. The van der Waals surface area contributed by atoms with Gasteiger partial charge in [-0.3, -0.25) is 14.4 Å². The van der Waals surface area contributed by atoms with E-state index >= 15 is 0 Å². The first-order chi connectivity index (χ1) is 14.7. The van der Waals surface area contributed by atoms with Crippen LogP contribution in [0.4, 0.5) is 0 Å². The monoisotopic (exact) mass is 418 g/mol. The van der Waals surface area contributed by atoms with Gasteiger partial charge in [0.25, 0.3) is 0 Å². The topological polar surface area (TPSA) is 118 Å². The molecule has 0 radical (unpaired) electrons. The van der Waals surface area contributed by atoms with Gasteiger partial charge in [0.1, 0.15) is 5.69 Å². The third kappa shape index (κ3) is 5.10. The minimum absolute atomic E-state index is 0.159. The average Bonchev–Trinajstić information content (AvgIpc) is 3.23. The number of hydrogen-bond acceptors (Lipinski definition) is 4. The molecular formula is C24H26N4O3. The highest BCUT2D eigenvalue weighted by molar-refractivity contribution is 6.34. The highest BCUT2D eigenvalue weighted by Crippen LogP contribution is 2.33. The minimum Gasteiger partial charge on any atom is -0.361 e. The first-order valence-corrected chi connectivity index (χ1v) is 10.2. The van der Waals surface area contributed by atoms with Gasteiger partial charge in [-0.1, -0.05) is 24.1 Å². The van der Waals surface area contributed by atoms with Crippen molar-refractivity contribution in [3.05, 3.63) is 58.7 Å². The van der Waals surface area contributed by atoms with Gasteiger partial charge in [0.2, 0.25) is 5.78 Å². The number of Topliss-reactive ketones (excluding diaryl/α,β-unsaturated/α-hetero) is 1. The fourth-order valence-corrected chi connectivity index (χ4v) is 3.71. The molecule has 2 aromatic rings. The van der Waals surface area contributed by atoms with Crippen LogP contribution in [0, 0.1) is 12.3 Å². The second kappa shape index (κ2) is 9.00. The first kappa shape index (κ1) is 22.0. The molecule has 0 unspecified atom stereocenters. The van der Waals surface area contributed by atoms with E-state index < -0.39 is 17.4 Å². The van der Waals surface area contributed by atoms with Gasteiger partial charge < -0.3 is 16.0 Å². The molecule has 1 aliphatic carbocycles. The minimum atomic E-state index is -1.03. The van der Waals surface area contributed by atoms with Crippen molar-refractivity contribution in [2.24, 2.45) is 5.73 Å². The van der Waals surface area contributed by atoms with Gasteiger partial charge >= 0.3 is 11.8 Å². The summed E-state index contributed by atoms with van der Waals surface area (Å²) >= 11 is 0. The van der Waals surface area contributed by atoms with E-state index in [1.54, 1.807) is 13.8 Å². The van der Waals surface area contributed by atoms with Crippen LogP contribution < -0.4 is 11.1 Å². The van der Waals surface area contributed by atoms with Crippen LogP contribution in [0.2, 0.25) is 0 Å². The number of primary amides is 1. The number of terminal acetylenes is 1. The number of carbonyl (C=O) groups excluding carboxylic acids is 3. The Morgan fingerprint density at radius 1 is 1.29 bits per heavy atom. The molecule has 31 heavy (non-hydrogen) atoms. The number of carbonyl (C=O) groups is 3. The van der Waals surface area contributed by atoms with Gasteiger partial charge in [-0.15, -0.1) is 6.42 Å². The van der Waals surface area contributed by atoms with Crippen molar-refractivity contribution in [1.29, 1.82) is 0 Å². The number of hydrogen-bond donors (Lipinski definition) is 3. The fraction of sp³-hybridized carbons (Fsp3) is 0.333. The highest BCUT2D eigenvalue weighted by atomic mass is 16.2. The van der Waals surface area contributed by atoms with Crippen molar-refractivity contribution in [1.82, 2.24) is 15.3 Å². The molecule has 4 N–H and O–H groups in total. The van der Waals surface area contributed by atoms with Crippen molar-refractivity contribution in [2.45, 2.75) is 51.5 Å². The molecule has 3 rings (SSSR count). The maximum Gasteiger partial charge on any atom is 0.309 e. The highest BCUT2D eigenvalue weighted by Gasteiger charge is 2.27. The third-order valence-corrected chi connectivity index (χ3v) is 5.46. The number of benzene rings is 1. The zero-order valence-electron chi connectivity index (χ0n) is 17.7. The summed E-state index contributed by atoms with van der Waals surface area (Å²) in [7, 11) is 0. The molecule has 0 aliphatic heterocycles. The SMILES string of the molecule is C#Cc1cnc(C(=O)Cc2ccc(C(C)(C)NC(=O)C(N)=O)cc2C2=CCCCC2)[nH]1. The molecule has 0 fully saturated rings. The Labute approximate surface area is 181 Å². The summed E-state index contributed by atoms with van der Waals surface area (Å²) in [5.74, 6) is 0.627. The van der Waals surface area contributed by atoms with E-state index in [1.165, 1.54) is 11.8 Å². The Morgan fingerprint density at radius 2 is 2.06 bits per heavy atom. The molecule has 7 nitrogen and oxygen atoms in total. The van der Waals surface area contributed by atoms with Crippen molar-refractivity contribution in [3.63, 3.8) is 0 Å². The first-order valence-electron chi connectivity index (χ1n) is 10.2. The third-order valence-electron chi connectivity index (χ3n) is 5.46. The second-order valence-corrected chi connectivity index (χ2v) is 8.18. The maximum absolute atomic E-state index is 12.8. The Bertz CT molecular complexity index is 1100. The Kier molecular flexibility index (Phi) is 6.40. The number of amides is 2. The lowest BCUT2D eigenvalue weighted by molar-refractivity contribution is -0.138. The fourth-order valence-electron chi connectivity index (χ4n) is 3.71. The quantitative estimate of drug-likeness (QED) is 0.380. The molecule has 0 saturated heterocycles. The number of ketones is 1. The smallest absolute Gasteiger partial charge is 0.309 e. The van der Waals surface area contributed by atoms with E-state index in [4.69, 9.17) is 12.2 Å². The number of imidazole rings is 1. The molecular weight excluding hydrogens is 392 g/mol. The molecule has 0 saturated carbocycles. The lowest BCUT2D eigenvalue weighted by Crippen LogP contribution is -2.46. The number of rotatable bonds is 6. The van der Waals surface area contributed by atoms with E-state index in [1.807, 2.05) is 18.2 Å². The van der Waals surface area contributed by atoms with E-state index in [0.717, 1.165) is 42.4 Å². The summed E-state index contributed by atoms with van der Waals surface area (Å²) in [6.07, 6.45) is 13.3. The van der Waals surface area contributed by atoms with Crippen LogP contribution in [0.1, 0.15) is 72.5 Å². The predicted molar refractivity (Wildman–Crippen MR) is 118 cm³/mol. The summed E-state index contributed by atoms with van der Waals surface area (Å²) < 4.78 is 0. The summed E-state index contributed by atoms with van der Waals surface area (Å²) in [5, 5.41) is 2.66. The molecule has 0 atom stereocenters. The molecule has 1 aromatic heterocycles. The zero-order valence-corrected chi connectivity index (χ0v) is 17.7. The van der Waals surface area contributed by atoms with Crippen LogP contribution in [0.5, 0.6) is 0 Å². The van der Waals surface area contributed by atoms with E-state index in [-0.39, 0.29) is 18.0 Å². The lowest BCUT2D eigenvalue weighted by atomic mass is 9.84. The van der Waals surface area contributed by atoms with E-state index in [0.29, 0.717) is 5.69 Å². The predicted octanol–water partition coefficient (Wildman–Crippen LogP) is 2.61. The maximum atomic E-state index is 12.8. The van der Waals surface area contributed by atoms with Crippen molar-refractivity contribution >= 4 is 23.2 Å². The molecule has 7 heteroatoms. The van der Waals surface area contributed by atoms with Gasteiger partial charge in [0.05, 0.1) is 11.7 Å². The number of allylic oxidation sites excluding steroid dienone is 2. The summed E-state index contributed by atoms with van der Waals surface area (Å²) in [4.78, 5) is 42.8. The number of nitrogens with zero attached hydrogens (tertiary/aromatic N) is 1. The summed E-state index contributed by atoms with van der Waals surface area (Å²) in [6.45, 7) is 3.61. The van der Waals surface area contributed by atoms with Crippen molar-refractivity contribution in [3.8, 4) is 12.3 Å². The van der Waals surface area contributed by atoms with Gasteiger partial charge in [-0.25, -0.2) is 4.98 Å². The number of H-pyrrole nitrogens is 1. The Morgan fingerprint density at radius 3 is 2.68 bits per heavy atom. The van der Waals surface area contributed by atoms with Crippen molar-refractivity contribution in [2.75, 3.05) is 0 Å². The molecule has 2 amide bonds. The number of nitrogens with one attached hydrogen (secondary N) is 2. The van der Waals surface area contributed by atoms with Crippen LogP contribution in [0.3, 0.4) is 0 Å². The molecule has 1 aliphatic rings. The Balaban J connectivity index is 1.96. The van der Waals surface area contributed by atoms with E-state index in [2.05, 4.69) is 27.3 Å². The number of nitrogens with two attached hydrogens (primary N) is 1. The molecule has 0 bridgehead atoms. The number of aromatic amines is 1. The van der Waals surface area contributed by atoms with Crippen molar-refractivity contribution < 1.29 is 14.4 Å². The lowest BCUT2D eigenvalue weighted by Gasteiger charge is -2.28. The van der Waals surface area contributed by atoms with Gasteiger partial charge in [-0.2, -0.15) is 0 Å². The largest absolute Gasteiger partial charge is 0.361 e. The average molecular weight is 418 g/mol. The molecule has 1 heterocycles. The van der Waals surface area contributed by atoms with Crippen LogP contribution in [0.15, 0.2) is 30.5 Å². The normalized spacial score (nSPS) is 13.8. The molecule has 1 aromatic carbocycles. The van der Waals surface area contributed by atoms with Gasteiger partial charge in [0.15, 0.2) is 5.82 Å². The van der Waals surface area contributed by atoms with Crippen LogP contribution in [-0.4, -0.2) is 27.6 Å². The van der Waals surface area contributed by atoms with Gasteiger partial charge in [0, 0.05) is 6.42 Å². The molecule has 160 valence electrons. The number of aromatic nitrogens is 2. The van der Waals surface area contributed by atoms with Gasteiger partial charge in [-0.05, 0) is 67.9 Å². The van der Waals surface area contributed by atoms with Crippen LogP contribution in [0.25, 0.3) is 5.57 Å². The summed E-state index contributed by atoms with van der Waals surface area (Å²) in [5.41, 5.74) is 8.57. The summed E-state index contributed by atoms with van der Waals surface area (Å²) in [6, 6.07) is 5.73. The standard InChI is InChI=1S/C24H26N4O3/c1-4-18-14-26-22(27-18)20(29)12-16-10-11-17(24(2,3)28-23(31)21(25)30)13-19(16)15-8-6-5-7-9-15/h1,8,10-11,13-14H,5-7,9,12H2,2-3H3,(H2,25,30)(H,26,27)(H,28,31). The Hall–Kier alpha value is -3.66. The second-order valence-electron chi connectivity index (χ2n) is 8.18. The van der Waals surface area contributed by atoms with Crippen LogP contribution >= 0.6 is 0 Å². The van der Waals surface area contributed by atoms with Crippen LogP contribution in [-0.2, 0) is 21.5 Å².